The van der Waals surface area contributed by atoms with Gasteiger partial charge in [-0.1, -0.05) is 0 Å². The second-order valence-corrected chi connectivity index (χ2v) is 10.9. The van der Waals surface area contributed by atoms with Crippen LogP contribution in [-0.2, 0) is 12.8 Å². The largest absolute Gasteiger partial charge is 0.486 e. The Balaban J connectivity index is 1.32. The van der Waals surface area contributed by atoms with Crippen molar-refractivity contribution in [3.63, 3.8) is 0 Å². The number of nitrogens with one attached hydrogen (secondary N) is 1. The van der Waals surface area contributed by atoms with E-state index in [1.54, 1.807) is 6.07 Å². The number of ether oxygens (including phenoxy) is 1. The van der Waals surface area contributed by atoms with Crippen LogP contribution < -0.4 is 15.0 Å². The van der Waals surface area contributed by atoms with E-state index >= 15 is 4.39 Å². The predicted molar refractivity (Wildman–Crippen MR) is 144 cm³/mol. The summed E-state index contributed by atoms with van der Waals surface area (Å²) in [5.74, 6) is 0.568. The van der Waals surface area contributed by atoms with Crippen LogP contribution in [0.4, 0.5) is 26.2 Å². The Hall–Kier alpha value is -3.33. The van der Waals surface area contributed by atoms with Crippen LogP contribution in [0.1, 0.15) is 55.7 Å². The third kappa shape index (κ3) is 4.57. The molecule has 0 unspecified atom stereocenters. The van der Waals surface area contributed by atoms with Crippen LogP contribution in [0.3, 0.4) is 0 Å². The monoisotopic (exact) mass is 520 g/mol. The van der Waals surface area contributed by atoms with E-state index in [0.29, 0.717) is 30.3 Å². The van der Waals surface area contributed by atoms with Gasteiger partial charge in [-0.25, -0.2) is 23.7 Å². The van der Waals surface area contributed by atoms with Crippen molar-refractivity contribution in [1.82, 2.24) is 19.9 Å². The highest BCUT2D eigenvalue weighted by molar-refractivity contribution is 5.73. The van der Waals surface area contributed by atoms with Crippen LogP contribution in [0, 0.1) is 11.6 Å². The zero-order valence-corrected chi connectivity index (χ0v) is 22.2. The number of hydrogen-bond donors (Lipinski definition) is 1. The lowest BCUT2D eigenvalue weighted by Crippen LogP contribution is -2.38. The van der Waals surface area contributed by atoms with Gasteiger partial charge in [0.1, 0.15) is 18.1 Å². The van der Waals surface area contributed by atoms with Crippen LogP contribution >= 0.6 is 0 Å². The summed E-state index contributed by atoms with van der Waals surface area (Å²) in [7, 11) is 2.18. The molecule has 0 atom stereocenters. The van der Waals surface area contributed by atoms with E-state index in [1.165, 1.54) is 22.8 Å². The molecular weight excluding hydrogens is 486 g/mol. The number of aromatic nitrogens is 3. The molecule has 3 aliphatic rings. The summed E-state index contributed by atoms with van der Waals surface area (Å²) >= 11 is 0. The molecule has 2 aromatic heterocycles. The third-order valence-electron chi connectivity index (χ3n) is 8.13. The molecule has 1 N–H and O–H groups in total. The van der Waals surface area contributed by atoms with E-state index in [-0.39, 0.29) is 23.4 Å². The highest BCUT2D eigenvalue weighted by atomic mass is 19.1. The molecule has 0 radical (unpaired) electrons. The van der Waals surface area contributed by atoms with Gasteiger partial charge in [0.05, 0.1) is 18.4 Å². The van der Waals surface area contributed by atoms with Gasteiger partial charge in [-0.05, 0) is 101 Å². The molecule has 7 nitrogen and oxygen atoms in total. The summed E-state index contributed by atoms with van der Waals surface area (Å²) in [5, 5.41) is 3.25. The van der Waals surface area contributed by atoms with Crippen molar-refractivity contribution in [3.05, 3.63) is 52.9 Å². The summed E-state index contributed by atoms with van der Waals surface area (Å²) in [4.78, 5) is 17.9. The second kappa shape index (κ2) is 10.1. The molecule has 38 heavy (non-hydrogen) atoms. The van der Waals surface area contributed by atoms with Gasteiger partial charge in [-0.15, -0.1) is 0 Å². The van der Waals surface area contributed by atoms with Crippen molar-refractivity contribution in [3.8, 4) is 17.0 Å². The molecule has 9 heteroatoms. The Kier molecular flexibility index (Phi) is 6.63. The van der Waals surface area contributed by atoms with Crippen molar-refractivity contribution in [1.29, 1.82) is 0 Å². The van der Waals surface area contributed by atoms with Crippen LogP contribution in [0.2, 0.25) is 0 Å². The van der Waals surface area contributed by atoms with E-state index in [9.17, 15) is 4.39 Å². The topological polar surface area (TPSA) is 66.4 Å². The SMILES string of the molecule is CC(C)N1CCOc2c(F)cc(-c3nc(Nc4ncc(C5CCN(C)CC5)c5c4CCC5)ncc3F)cc21. The van der Waals surface area contributed by atoms with Gasteiger partial charge in [0.15, 0.2) is 17.4 Å². The van der Waals surface area contributed by atoms with Crippen LogP contribution in [0.5, 0.6) is 5.75 Å². The lowest BCUT2D eigenvalue weighted by molar-refractivity contribution is 0.255. The second-order valence-electron chi connectivity index (χ2n) is 10.9. The number of fused-ring (bicyclic) bond motifs is 2. The fraction of sp³-hybridized carbons (Fsp3) is 0.483. The van der Waals surface area contributed by atoms with E-state index < -0.39 is 11.6 Å². The number of anilines is 3. The van der Waals surface area contributed by atoms with Crippen LogP contribution in [-0.4, -0.2) is 59.2 Å². The van der Waals surface area contributed by atoms with Crippen molar-refractivity contribution in [2.24, 2.45) is 0 Å². The van der Waals surface area contributed by atoms with Crippen LogP contribution in [0.25, 0.3) is 11.3 Å². The Morgan fingerprint density at radius 3 is 2.58 bits per heavy atom. The number of benzene rings is 1. The molecule has 4 heterocycles. The third-order valence-corrected chi connectivity index (χ3v) is 8.13. The lowest BCUT2D eigenvalue weighted by atomic mass is 9.86. The molecular formula is C29H34F2N6O. The minimum absolute atomic E-state index is 0.0399. The Morgan fingerprint density at radius 2 is 1.79 bits per heavy atom. The van der Waals surface area contributed by atoms with Gasteiger partial charge in [-0.3, -0.25) is 0 Å². The summed E-state index contributed by atoms with van der Waals surface area (Å²) in [6.07, 6.45) is 8.52. The number of likely N-dealkylation sites (tertiary alicyclic amines) is 1. The Morgan fingerprint density at radius 1 is 1.00 bits per heavy atom. The van der Waals surface area contributed by atoms with Crippen molar-refractivity contribution in [2.45, 2.75) is 57.9 Å². The molecule has 1 aromatic carbocycles. The van der Waals surface area contributed by atoms with E-state index in [0.717, 1.165) is 57.2 Å². The van der Waals surface area contributed by atoms with E-state index in [1.807, 2.05) is 20.0 Å². The minimum Gasteiger partial charge on any atom is -0.486 e. The van der Waals surface area contributed by atoms with Gasteiger partial charge in [-0.2, -0.15) is 0 Å². The van der Waals surface area contributed by atoms with Gasteiger partial charge in [0.25, 0.3) is 0 Å². The molecule has 200 valence electrons. The van der Waals surface area contributed by atoms with Gasteiger partial charge in [0.2, 0.25) is 5.95 Å². The number of hydrogen-bond acceptors (Lipinski definition) is 7. The summed E-state index contributed by atoms with van der Waals surface area (Å²) in [5.41, 5.74) is 4.97. The fourth-order valence-electron chi connectivity index (χ4n) is 6.10. The average Bonchev–Trinajstić information content (AvgIpc) is 3.41. The molecule has 1 saturated heterocycles. The molecule has 3 aromatic rings. The maximum absolute atomic E-state index is 15.1. The number of piperidine rings is 1. The summed E-state index contributed by atoms with van der Waals surface area (Å²) < 4.78 is 35.6. The quantitative estimate of drug-likeness (QED) is 0.479. The summed E-state index contributed by atoms with van der Waals surface area (Å²) in [6, 6.07) is 3.17. The molecule has 0 saturated carbocycles. The molecule has 1 fully saturated rings. The first-order chi connectivity index (χ1) is 18.4. The molecule has 1 aliphatic carbocycles. The highest BCUT2D eigenvalue weighted by Crippen LogP contribution is 2.40. The number of halogens is 2. The Bertz CT molecular complexity index is 1360. The van der Waals surface area contributed by atoms with Gasteiger partial charge in [0, 0.05) is 17.8 Å². The van der Waals surface area contributed by atoms with Crippen molar-refractivity contribution < 1.29 is 13.5 Å². The molecule has 0 spiro atoms. The fourth-order valence-corrected chi connectivity index (χ4v) is 6.10. The molecule has 6 rings (SSSR count). The zero-order valence-electron chi connectivity index (χ0n) is 22.2. The average molecular weight is 521 g/mol. The molecule has 0 bridgehead atoms. The van der Waals surface area contributed by atoms with Gasteiger partial charge < -0.3 is 19.9 Å². The smallest absolute Gasteiger partial charge is 0.229 e. The molecule has 2 aliphatic heterocycles. The van der Waals surface area contributed by atoms with Gasteiger partial charge >= 0.3 is 0 Å². The zero-order chi connectivity index (χ0) is 26.4. The molecule has 0 amide bonds. The maximum atomic E-state index is 15.1. The van der Waals surface area contributed by atoms with E-state index in [4.69, 9.17) is 9.72 Å². The predicted octanol–water partition coefficient (Wildman–Crippen LogP) is 5.47. The Labute approximate surface area is 222 Å². The first-order valence-corrected chi connectivity index (χ1v) is 13.6. The van der Waals surface area contributed by atoms with E-state index in [2.05, 4.69) is 32.1 Å². The minimum atomic E-state index is -0.612. The highest BCUT2D eigenvalue weighted by Gasteiger charge is 2.28. The van der Waals surface area contributed by atoms with Crippen LogP contribution in [0.15, 0.2) is 24.5 Å². The normalized spacial score (nSPS) is 17.9. The standard InChI is InChI=1S/C29H34F2N6O/c1-17(2)37-11-12-38-27-23(30)13-19(14-25(27)37)26-24(31)16-33-29(34-26)35-28-21-6-4-5-20(21)22(15-32-28)18-7-9-36(3)10-8-18/h13-18H,4-12H2,1-3H3,(H,32,33,34,35). The summed E-state index contributed by atoms with van der Waals surface area (Å²) in [6.45, 7) is 7.33. The van der Waals surface area contributed by atoms with Crippen molar-refractivity contribution in [2.75, 3.05) is 43.5 Å². The maximum Gasteiger partial charge on any atom is 0.229 e. The number of rotatable bonds is 5. The lowest BCUT2D eigenvalue weighted by Gasteiger charge is -2.34. The first-order valence-electron chi connectivity index (χ1n) is 13.6. The van der Waals surface area contributed by atoms with Crippen molar-refractivity contribution >= 4 is 17.5 Å². The first kappa shape index (κ1) is 25.0. The number of pyridine rings is 1. The number of nitrogens with zero attached hydrogens (tertiary/aromatic N) is 5.